The second-order valence-electron chi connectivity index (χ2n) is 4.78. The first-order valence-corrected chi connectivity index (χ1v) is 7.56. The van der Waals surface area contributed by atoms with E-state index >= 15 is 0 Å². The van der Waals surface area contributed by atoms with Crippen molar-refractivity contribution >= 4 is 27.5 Å². The maximum Gasteiger partial charge on any atom is 0.238 e. The summed E-state index contributed by atoms with van der Waals surface area (Å²) >= 11 is 3.50. The smallest absolute Gasteiger partial charge is 0.238 e. The summed E-state index contributed by atoms with van der Waals surface area (Å²) in [7, 11) is 0. The van der Waals surface area contributed by atoms with Gasteiger partial charge in [0.1, 0.15) is 0 Å². The van der Waals surface area contributed by atoms with Crippen molar-refractivity contribution in [3.05, 3.63) is 27.7 Å². The van der Waals surface area contributed by atoms with Crippen LogP contribution in [0.4, 0.5) is 5.69 Å². The van der Waals surface area contributed by atoms with E-state index in [4.69, 9.17) is 0 Å². The predicted molar refractivity (Wildman–Crippen MR) is 84.7 cm³/mol. The van der Waals surface area contributed by atoms with Crippen LogP contribution in [0.1, 0.15) is 31.4 Å². The van der Waals surface area contributed by atoms with Crippen molar-refractivity contribution < 1.29 is 4.79 Å². The maximum absolute atomic E-state index is 12.1. The Bertz CT molecular complexity index is 446. The van der Waals surface area contributed by atoms with Crippen LogP contribution in [0.3, 0.4) is 0 Å². The molecule has 0 aromatic heterocycles. The third-order valence-corrected chi connectivity index (χ3v) is 4.09. The summed E-state index contributed by atoms with van der Waals surface area (Å²) in [6.45, 7) is 10.5. The molecule has 0 atom stereocenters. The van der Waals surface area contributed by atoms with E-state index in [9.17, 15) is 4.79 Å². The van der Waals surface area contributed by atoms with Gasteiger partial charge < -0.3 is 5.32 Å². The van der Waals surface area contributed by atoms with Crippen LogP contribution in [-0.4, -0.2) is 30.4 Å². The van der Waals surface area contributed by atoms with Crippen LogP contribution in [-0.2, 0) is 4.79 Å². The number of likely N-dealkylation sites (N-methyl/N-ethyl adjacent to an activating group) is 1. The molecule has 1 amide bonds. The molecular formula is C15H23BrN2O. The van der Waals surface area contributed by atoms with Crippen molar-refractivity contribution in [2.24, 2.45) is 0 Å². The zero-order chi connectivity index (χ0) is 14.4. The second kappa shape index (κ2) is 7.65. The molecule has 0 fully saturated rings. The SMILES string of the molecule is CCCN(CC)CC(=O)Nc1c(C)ccc(Br)c1C. The van der Waals surface area contributed by atoms with E-state index in [1.807, 2.05) is 26.0 Å². The molecule has 0 aliphatic heterocycles. The number of hydrogen-bond donors (Lipinski definition) is 1. The number of halogens is 1. The van der Waals surface area contributed by atoms with Crippen molar-refractivity contribution in [1.82, 2.24) is 4.90 Å². The number of carbonyl (C=O) groups is 1. The highest BCUT2D eigenvalue weighted by Gasteiger charge is 2.12. The number of anilines is 1. The Kier molecular flexibility index (Phi) is 6.52. The van der Waals surface area contributed by atoms with Crippen LogP contribution in [0.5, 0.6) is 0 Å². The maximum atomic E-state index is 12.1. The number of nitrogens with zero attached hydrogens (tertiary/aromatic N) is 1. The number of carbonyl (C=O) groups excluding carboxylic acids is 1. The molecule has 19 heavy (non-hydrogen) atoms. The minimum atomic E-state index is 0.0552. The zero-order valence-corrected chi connectivity index (χ0v) is 13.8. The van der Waals surface area contributed by atoms with Crippen molar-refractivity contribution in [3.8, 4) is 0 Å². The topological polar surface area (TPSA) is 32.3 Å². The molecule has 0 saturated heterocycles. The van der Waals surface area contributed by atoms with E-state index in [0.717, 1.165) is 40.8 Å². The van der Waals surface area contributed by atoms with Gasteiger partial charge in [0.05, 0.1) is 6.54 Å². The average molecular weight is 327 g/mol. The highest BCUT2D eigenvalue weighted by molar-refractivity contribution is 9.10. The number of hydrogen-bond acceptors (Lipinski definition) is 2. The van der Waals surface area contributed by atoms with E-state index < -0.39 is 0 Å². The fraction of sp³-hybridized carbons (Fsp3) is 0.533. The molecular weight excluding hydrogens is 304 g/mol. The Morgan fingerprint density at radius 3 is 2.58 bits per heavy atom. The molecule has 0 saturated carbocycles. The Balaban J connectivity index is 2.74. The minimum absolute atomic E-state index is 0.0552. The monoisotopic (exact) mass is 326 g/mol. The summed E-state index contributed by atoms with van der Waals surface area (Å²) < 4.78 is 1.02. The summed E-state index contributed by atoms with van der Waals surface area (Å²) in [5.41, 5.74) is 3.09. The quantitative estimate of drug-likeness (QED) is 0.863. The Morgan fingerprint density at radius 1 is 1.32 bits per heavy atom. The molecule has 0 spiro atoms. The number of rotatable bonds is 6. The molecule has 1 aromatic carbocycles. The lowest BCUT2D eigenvalue weighted by Crippen LogP contribution is -2.34. The predicted octanol–water partition coefficient (Wildman–Crippen LogP) is 3.74. The number of amides is 1. The Labute approximate surface area is 124 Å². The van der Waals surface area contributed by atoms with Gasteiger partial charge in [-0.25, -0.2) is 0 Å². The second-order valence-corrected chi connectivity index (χ2v) is 5.64. The van der Waals surface area contributed by atoms with Crippen LogP contribution in [0.15, 0.2) is 16.6 Å². The molecule has 0 unspecified atom stereocenters. The zero-order valence-electron chi connectivity index (χ0n) is 12.2. The first-order valence-electron chi connectivity index (χ1n) is 6.77. The molecule has 0 heterocycles. The standard InChI is InChI=1S/C15H23BrN2O/c1-5-9-18(6-2)10-14(19)17-15-11(3)7-8-13(16)12(15)4/h7-8H,5-6,9-10H2,1-4H3,(H,17,19). The van der Waals surface area contributed by atoms with Crippen molar-refractivity contribution in [2.45, 2.75) is 34.1 Å². The molecule has 106 valence electrons. The number of benzene rings is 1. The molecule has 1 N–H and O–H groups in total. The molecule has 0 bridgehead atoms. The van der Waals surface area contributed by atoms with E-state index in [-0.39, 0.29) is 5.91 Å². The van der Waals surface area contributed by atoms with Gasteiger partial charge in [-0.2, -0.15) is 0 Å². The lowest BCUT2D eigenvalue weighted by Gasteiger charge is -2.20. The highest BCUT2D eigenvalue weighted by Crippen LogP contribution is 2.27. The van der Waals surface area contributed by atoms with Gasteiger partial charge in [0.2, 0.25) is 5.91 Å². The largest absolute Gasteiger partial charge is 0.324 e. The molecule has 3 nitrogen and oxygen atoms in total. The van der Waals surface area contributed by atoms with Gasteiger partial charge in [-0.05, 0) is 50.6 Å². The first-order chi connectivity index (χ1) is 8.99. The molecule has 1 rings (SSSR count). The lowest BCUT2D eigenvalue weighted by molar-refractivity contribution is -0.117. The fourth-order valence-electron chi connectivity index (χ4n) is 2.06. The van der Waals surface area contributed by atoms with Gasteiger partial charge in [0, 0.05) is 10.2 Å². The third-order valence-electron chi connectivity index (χ3n) is 3.23. The molecule has 0 aliphatic rings. The van der Waals surface area contributed by atoms with Crippen LogP contribution >= 0.6 is 15.9 Å². The first kappa shape index (κ1) is 16.2. The average Bonchev–Trinajstić information content (AvgIpc) is 2.38. The van der Waals surface area contributed by atoms with Gasteiger partial charge in [-0.3, -0.25) is 9.69 Å². The summed E-state index contributed by atoms with van der Waals surface area (Å²) in [6.07, 6.45) is 1.07. The van der Waals surface area contributed by atoms with Gasteiger partial charge in [-0.15, -0.1) is 0 Å². The van der Waals surface area contributed by atoms with Crippen LogP contribution in [0, 0.1) is 13.8 Å². The van der Waals surface area contributed by atoms with Crippen LogP contribution in [0.2, 0.25) is 0 Å². The summed E-state index contributed by atoms with van der Waals surface area (Å²) in [5.74, 6) is 0.0552. The van der Waals surface area contributed by atoms with Crippen molar-refractivity contribution in [1.29, 1.82) is 0 Å². The van der Waals surface area contributed by atoms with Gasteiger partial charge in [0.15, 0.2) is 0 Å². The van der Waals surface area contributed by atoms with Gasteiger partial charge in [-0.1, -0.05) is 35.8 Å². The van der Waals surface area contributed by atoms with Crippen molar-refractivity contribution in [2.75, 3.05) is 25.0 Å². The van der Waals surface area contributed by atoms with Gasteiger partial charge in [0.25, 0.3) is 0 Å². The summed E-state index contributed by atoms with van der Waals surface area (Å²) in [5, 5.41) is 3.03. The number of aryl methyl sites for hydroxylation is 1. The van der Waals surface area contributed by atoms with E-state index in [0.29, 0.717) is 6.54 Å². The summed E-state index contributed by atoms with van der Waals surface area (Å²) in [6, 6.07) is 4.02. The molecule has 1 aromatic rings. The molecule has 0 radical (unpaired) electrons. The van der Waals surface area contributed by atoms with E-state index in [2.05, 4.69) is 40.0 Å². The number of nitrogens with one attached hydrogen (secondary N) is 1. The summed E-state index contributed by atoms with van der Waals surface area (Å²) in [4.78, 5) is 14.3. The van der Waals surface area contributed by atoms with Gasteiger partial charge >= 0.3 is 0 Å². The third kappa shape index (κ3) is 4.62. The molecule has 0 aliphatic carbocycles. The Morgan fingerprint density at radius 2 is 2.00 bits per heavy atom. The lowest BCUT2D eigenvalue weighted by atomic mass is 10.1. The van der Waals surface area contributed by atoms with E-state index in [1.165, 1.54) is 0 Å². The fourth-order valence-corrected chi connectivity index (χ4v) is 2.39. The highest BCUT2D eigenvalue weighted by atomic mass is 79.9. The van der Waals surface area contributed by atoms with Crippen LogP contribution < -0.4 is 5.32 Å². The normalized spacial score (nSPS) is 10.8. The van der Waals surface area contributed by atoms with Crippen molar-refractivity contribution in [3.63, 3.8) is 0 Å². The molecule has 4 heteroatoms. The van der Waals surface area contributed by atoms with Crippen LogP contribution in [0.25, 0.3) is 0 Å². The van der Waals surface area contributed by atoms with E-state index in [1.54, 1.807) is 0 Å². The minimum Gasteiger partial charge on any atom is -0.324 e. The Hall–Kier alpha value is -0.870.